The maximum absolute atomic E-state index is 11.1. The molecule has 0 atom stereocenters. The first-order valence-electron chi connectivity index (χ1n) is 3.82. The lowest BCUT2D eigenvalue weighted by Gasteiger charge is -1.96. The van der Waals surface area contributed by atoms with Gasteiger partial charge in [-0.25, -0.2) is 0 Å². The van der Waals surface area contributed by atoms with Crippen molar-refractivity contribution in [3.05, 3.63) is 11.7 Å². The predicted molar refractivity (Wildman–Crippen MR) is 41.7 cm³/mol. The van der Waals surface area contributed by atoms with Crippen LogP contribution in [-0.4, -0.2) is 22.6 Å². The van der Waals surface area contributed by atoms with Crippen LogP contribution in [0.15, 0.2) is 4.52 Å². The number of hydrogen-bond donors (Lipinski definition) is 1. The lowest BCUT2D eigenvalue weighted by atomic mass is 10.4. The molecule has 0 aliphatic rings. The van der Waals surface area contributed by atoms with E-state index in [-0.39, 0.29) is 11.8 Å². The van der Waals surface area contributed by atoms with Crippen molar-refractivity contribution in [1.82, 2.24) is 15.5 Å². The summed E-state index contributed by atoms with van der Waals surface area (Å²) in [5.74, 6) is 0.190. The van der Waals surface area contributed by atoms with E-state index in [4.69, 9.17) is 0 Å². The summed E-state index contributed by atoms with van der Waals surface area (Å²) >= 11 is 0. The van der Waals surface area contributed by atoms with E-state index in [1.165, 1.54) is 0 Å². The molecule has 5 nitrogen and oxygen atoms in total. The zero-order valence-corrected chi connectivity index (χ0v) is 7.13. The van der Waals surface area contributed by atoms with Crippen molar-refractivity contribution in [3.8, 4) is 0 Å². The van der Waals surface area contributed by atoms with Crippen molar-refractivity contribution in [3.63, 3.8) is 0 Å². The first kappa shape index (κ1) is 8.70. The largest absolute Gasteiger partial charge is 0.348 e. The van der Waals surface area contributed by atoms with Crippen molar-refractivity contribution < 1.29 is 9.32 Å². The second kappa shape index (κ2) is 3.85. The van der Waals surface area contributed by atoms with Gasteiger partial charge in [-0.05, 0) is 13.3 Å². The lowest BCUT2D eigenvalue weighted by Crippen LogP contribution is -2.24. The molecule has 1 heterocycles. The van der Waals surface area contributed by atoms with Crippen molar-refractivity contribution in [1.29, 1.82) is 0 Å². The molecule has 0 saturated carbocycles. The summed E-state index contributed by atoms with van der Waals surface area (Å²) in [6, 6.07) is 0. The Kier molecular flexibility index (Phi) is 2.79. The molecule has 0 bridgehead atoms. The van der Waals surface area contributed by atoms with Gasteiger partial charge in [0.05, 0.1) is 0 Å². The van der Waals surface area contributed by atoms with E-state index < -0.39 is 0 Å². The quantitative estimate of drug-likeness (QED) is 0.716. The molecule has 5 heteroatoms. The van der Waals surface area contributed by atoms with Crippen molar-refractivity contribution in [2.75, 3.05) is 6.54 Å². The molecule has 0 radical (unpaired) electrons. The van der Waals surface area contributed by atoms with Gasteiger partial charge in [-0.15, -0.1) is 0 Å². The lowest BCUT2D eigenvalue weighted by molar-refractivity contribution is 0.0910. The highest BCUT2D eigenvalue weighted by atomic mass is 16.5. The van der Waals surface area contributed by atoms with Crippen LogP contribution in [0.3, 0.4) is 0 Å². The monoisotopic (exact) mass is 169 g/mol. The Balaban J connectivity index is 2.53. The molecule has 1 aromatic rings. The molecule has 1 N–H and O–H groups in total. The number of aromatic nitrogens is 2. The number of hydrogen-bond acceptors (Lipinski definition) is 4. The van der Waals surface area contributed by atoms with E-state index in [1.807, 2.05) is 6.92 Å². The van der Waals surface area contributed by atoms with Crippen molar-refractivity contribution in [2.45, 2.75) is 20.3 Å². The van der Waals surface area contributed by atoms with Crippen LogP contribution < -0.4 is 5.32 Å². The minimum Gasteiger partial charge on any atom is -0.348 e. The fourth-order valence-electron chi connectivity index (χ4n) is 0.703. The fraction of sp³-hybridized carbons (Fsp3) is 0.571. The second-order valence-corrected chi connectivity index (χ2v) is 2.40. The average Bonchev–Trinajstić information content (AvgIpc) is 2.47. The third-order valence-electron chi connectivity index (χ3n) is 1.26. The number of nitrogens with zero attached hydrogens (tertiary/aromatic N) is 2. The zero-order valence-electron chi connectivity index (χ0n) is 7.13. The SMILES string of the molecule is CCCNC(=O)c1nc(C)no1. The summed E-state index contributed by atoms with van der Waals surface area (Å²) in [4.78, 5) is 14.9. The Labute approximate surface area is 70.2 Å². The molecule has 1 aromatic heterocycles. The summed E-state index contributed by atoms with van der Waals surface area (Å²) in [5, 5.41) is 6.13. The van der Waals surface area contributed by atoms with E-state index >= 15 is 0 Å². The van der Waals surface area contributed by atoms with Crippen molar-refractivity contribution in [2.24, 2.45) is 0 Å². The summed E-state index contributed by atoms with van der Waals surface area (Å²) < 4.78 is 4.65. The van der Waals surface area contributed by atoms with Crippen LogP contribution in [0.5, 0.6) is 0 Å². The van der Waals surface area contributed by atoms with E-state index in [2.05, 4.69) is 20.0 Å². The molecule has 0 unspecified atom stereocenters. The van der Waals surface area contributed by atoms with Gasteiger partial charge < -0.3 is 9.84 Å². The number of aryl methyl sites for hydroxylation is 1. The standard InChI is InChI=1S/C7H11N3O2/c1-3-4-8-6(11)7-9-5(2)10-12-7/h3-4H2,1-2H3,(H,8,11). The van der Waals surface area contributed by atoms with Crippen molar-refractivity contribution >= 4 is 5.91 Å². The van der Waals surface area contributed by atoms with Gasteiger partial charge in [-0.2, -0.15) is 4.98 Å². The third-order valence-corrected chi connectivity index (χ3v) is 1.26. The van der Waals surface area contributed by atoms with Crippen LogP contribution >= 0.6 is 0 Å². The molecule has 12 heavy (non-hydrogen) atoms. The molecule has 0 spiro atoms. The number of rotatable bonds is 3. The summed E-state index contributed by atoms with van der Waals surface area (Å²) in [6.07, 6.45) is 0.888. The summed E-state index contributed by atoms with van der Waals surface area (Å²) in [5.41, 5.74) is 0. The highest BCUT2D eigenvalue weighted by Gasteiger charge is 2.11. The maximum atomic E-state index is 11.1. The molecule has 0 fully saturated rings. The highest BCUT2D eigenvalue weighted by molar-refractivity contribution is 5.89. The minimum atomic E-state index is -0.308. The average molecular weight is 169 g/mol. The Hall–Kier alpha value is -1.39. The molecular formula is C7H11N3O2. The van der Waals surface area contributed by atoms with Crippen LogP contribution in [-0.2, 0) is 0 Å². The summed E-state index contributed by atoms with van der Waals surface area (Å²) in [6.45, 7) is 4.26. The number of amides is 1. The predicted octanol–water partition coefficient (Wildman–Crippen LogP) is 0.518. The normalized spacial score (nSPS) is 9.83. The Morgan fingerprint density at radius 3 is 2.92 bits per heavy atom. The third kappa shape index (κ3) is 2.05. The van der Waals surface area contributed by atoms with Crippen LogP contribution in [0.2, 0.25) is 0 Å². The number of carbonyl (C=O) groups excluding carboxylic acids is 1. The zero-order chi connectivity index (χ0) is 8.97. The highest BCUT2D eigenvalue weighted by Crippen LogP contribution is 1.94. The first-order valence-corrected chi connectivity index (χ1v) is 3.82. The van der Waals surface area contributed by atoms with E-state index in [0.29, 0.717) is 12.4 Å². The Bertz CT molecular complexity index is 269. The van der Waals surface area contributed by atoms with Crippen LogP contribution in [0.1, 0.15) is 29.9 Å². The number of carbonyl (C=O) groups is 1. The molecule has 66 valence electrons. The molecular weight excluding hydrogens is 158 g/mol. The van der Waals surface area contributed by atoms with Gasteiger partial charge in [-0.3, -0.25) is 4.79 Å². The molecule has 0 aromatic carbocycles. The van der Waals surface area contributed by atoms with E-state index in [1.54, 1.807) is 6.92 Å². The molecule has 0 aliphatic heterocycles. The molecule has 1 amide bonds. The van der Waals surface area contributed by atoms with Crippen LogP contribution in [0, 0.1) is 6.92 Å². The van der Waals surface area contributed by atoms with Gasteiger partial charge in [0, 0.05) is 6.54 Å². The first-order chi connectivity index (χ1) is 5.74. The van der Waals surface area contributed by atoms with Gasteiger partial charge in [0.1, 0.15) is 0 Å². The van der Waals surface area contributed by atoms with Gasteiger partial charge in [0.25, 0.3) is 0 Å². The van der Waals surface area contributed by atoms with Crippen LogP contribution in [0.25, 0.3) is 0 Å². The number of nitrogens with one attached hydrogen (secondary N) is 1. The smallest absolute Gasteiger partial charge is 0.315 e. The van der Waals surface area contributed by atoms with Gasteiger partial charge in [0.15, 0.2) is 5.82 Å². The fourth-order valence-corrected chi connectivity index (χ4v) is 0.703. The topological polar surface area (TPSA) is 68.0 Å². The molecule has 0 aliphatic carbocycles. The summed E-state index contributed by atoms with van der Waals surface area (Å²) in [7, 11) is 0. The van der Waals surface area contributed by atoms with Gasteiger partial charge in [0.2, 0.25) is 0 Å². The van der Waals surface area contributed by atoms with Crippen LogP contribution in [0.4, 0.5) is 0 Å². The van der Waals surface area contributed by atoms with E-state index in [0.717, 1.165) is 6.42 Å². The Morgan fingerprint density at radius 2 is 2.42 bits per heavy atom. The minimum absolute atomic E-state index is 0.0287. The Morgan fingerprint density at radius 1 is 1.67 bits per heavy atom. The second-order valence-electron chi connectivity index (χ2n) is 2.40. The molecule has 1 rings (SSSR count). The molecule has 0 saturated heterocycles. The van der Waals surface area contributed by atoms with Gasteiger partial charge >= 0.3 is 11.8 Å². The maximum Gasteiger partial charge on any atom is 0.315 e. The van der Waals surface area contributed by atoms with E-state index in [9.17, 15) is 4.79 Å². The van der Waals surface area contributed by atoms with Gasteiger partial charge in [-0.1, -0.05) is 12.1 Å².